The van der Waals surface area contributed by atoms with Gasteiger partial charge in [-0.2, -0.15) is 0 Å². The highest BCUT2D eigenvalue weighted by atomic mass is 19.1. The number of carbonyl (C=O) groups excluding carboxylic acids is 1. The fourth-order valence-corrected chi connectivity index (χ4v) is 4.65. The Bertz CT molecular complexity index is 1250. The zero-order chi connectivity index (χ0) is 26.0. The standard InChI is InChI=1S/C27H28F3N3O3/c1-14-6-17(8-19(28)7-14)24(13-34)33-27(36)20-4-2-16(11-22(20)29)21-9-18(12-32-26(21)31)15-3-5-25(35)23(30)10-15/h2,4,6-9,11-12,15,23-25,34-35H,3,5,10,13H2,1H3,(H2,31,32)(H,33,36). The molecule has 0 spiro atoms. The van der Waals surface area contributed by atoms with Crippen LogP contribution in [-0.2, 0) is 0 Å². The minimum atomic E-state index is -1.32. The Labute approximate surface area is 207 Å². The van der Waals surface area contributed by atoms with Crippen LogP contribution < -0.4 is 11.1 Å². The average Bonchev–Trinajstić information content (AvgIpc) is 2.83. The number of rotatable bonds is 6. The summed E-state index contributed by atoms with van der Waals surface area (Å²) in [5, 5.41) is 21.9. The lowest BCUT2D eigenvalue weighted by Crippen LogP contribution is -2.31. The molecule has 2 aromatic carbocycles. The van der Waals surface area contributed by atoms with Crippen molar-refractivity contribution in [3.8, 4) is 11.1 Å². The summed E-state index contributed by atoms with van der Waals surface area (Å²) < 4.78 is 42.8. The van der Waals surface area contributed by atoms with Crippen LogP contribution in [0.15, 0.2) is 48.7 Å². The second kappa shape index (κ2) is 10.7. The maximum Gasteiger partial charge on any atom is 0.254 e. The number of aliphatic hydroxyl groups is 2. The van der Waals surface area contributed by atoms with E-state index in [0.717, 1.165) is 11.6 Å². The first-order valence-electron chi connectivity index (χ1n) is 11.7. The number of nitrogens with two attached hydrogens (primary N) is 1. The monoisotopic (exact) mass is 499 g/mol. The SMILES string of the molecule is Cc1cc(F)cc(C(CO)NC(=O)c2ccc(-c3cc(C4CCC(O)C(F)C4)cnc3N)cc2F)c1. The van der Waals surface area contributed by atoms with Crippen molar-refractivity contribution >= 4 is 11.7 Å². The summed E-state index contributed by atoms with van der Waals surface area (Å²) in [5.41, 5.74) is 8.34. The number of halogens is 3. The summed E-state index contributed by atoms with van der Waals surface area (Å²) in [5.74, 6) is -2.08. The fraction of sp³-hybridized carbons (Fsp3) is 0.333. The van der Waals surface area contributed by atoms with E-state index in [1.54, 1.807) is 25.3 Å². The van der Waals surface area contributed by atoms with Crippen LogP contribution >= 0.6 is 0 Å². The Balaban J connectivity index is 1.56. The van der Waals surface area contributed by atoms with Crippen LogP contribution in [0.2, 0.25) is 0 Å². The van der Waals surface area contributed by atoms with Crippen molar-refractivity contribution in [3.63, 3.8) is 0 Å². The highest BCUT2D eigenvalue weighted by molar-refractivity contribution is 5.95. The second-order valence-electron chi connectivity index (χ2n) is 9.26. The van der Waals surface area contributed by atoms with E-state index in [9.17, 15) is 23.8 Å². The van der Waals surface area contributed by atoms with Gasteiger partial charge >= 0.3 is 0 Å². The maximum absolute atomic E-state index is 15.0. The number of alkyl halides is 1. The molecule has 190 valence electrons. The van der Waals surface area contributed by atoms with Gasteiger partial charge in [0.15, 0.2) is 0 Å². The van der Waals surface area contributed by atoms with E-state index in [2.05, 4.69) is 10.3 Å². The third-order valence-electron chi connectivity index (χ3n) is 6.63. The number of nitrogens with zero attached hydrogens (tertiary/aromatic N) is 1. The Hall–Kier alpha value is -3.43. The second-order valence-corrected chi connectivity index (χ2v) is 9.26. The number of aromatic nitrogens is 1. The number of carbonyl (C=O) groups is 1. The molecule has 0 radical (unpaired) electrons. The van der Waals surface area contributed by atoms with Gasteiger partial charge in [0.25, 0.3) is 5.91 Å². The van der Waals surface area contributed by atoms with E-state index in [0.29, 0.717) is 35.1 Å². The summed E-state index contributed by atoms with van der Waals surface area (Å²) in [7, 11) is 0. The number of aliphatic hydroxyl groups excluding tert-OH is 2. The zero-order valence-corrected chi connectivity index (χ0v) is 19.7. The molecule has 9 heteroatoms. The molecule has 0 saturated heterocycles. The smallest absolute Gasteiger partial charge is 0.254 e. The quantitative estimate of drug-likeness (QED) is 0.403. The molecular weight excluding hydrogens is 471 g/mol. The van der Waals surface area contributed by atoms with Crippen molar-refractivity contribution in [3.05, 3.63) is 82.5 Å². The molecule has 36 heavy (non-hydrogen) atoms. The molecule has 4 unspecified atom stereocenters. The number of anilines is 1. The van der Waals surface area contributed by atoms with Gasteiger partial charge in [-0.05, 0) is 84.7 Å². The van der Waals surface area contributed by atoms with E-state index in [1.807, 2.05) is 0 Å². The average molecular weight is 500 g/mol. The van der Waals surface area contributed by atoms with E-state index >= 15 is 4.39 Å². The van der Waals surface area contributed by atoms with Crippen LogP contribution in [0.1, 0.15) is 58.3 Å². The molecule has 5 N–H and O–H groups in total. The first-order chi connectivity index (χ1) is 17.2. The van der Waals surface area contributed by atoms with Crippen molar-refractivity contribution < 1.29 is 28.2 Å². The topological polar surface area (TPSA) is 108 Å². The lowest BCUT2D eigenvalue weighted by atomic mass is 9.81. The Morgan fingerprint density at radius 3 is 2.64 bits per heavy atom. The molecule has 1 saturated carbocycles. The Morgan fingerprint density at radius 1 is 1.19 bits per heavy atom. The van der Waals surface area contributed by atoms with Crippen LogP contribution in [0.3, 0.4) is 0 Å². The van der Waals surface area contributed by atoms with Gasteiger partial charge in [-0.25, -0.2) is 18.2 Å². The number of pyridine rings is 1. The number of nitrogens with one attached hydrogen (secondary N) is 1. The summed E-state index contributed by atoms with van der Waals surface area (Å²) in [6.45, 7) is 1.19. The molecular formula is C27H28F3N3O3. The van der Waals surface area contributed by atoms with Crippen molar-refractivity contribution in [1.82, 2.24) is 10.3 Å². The van der Waals surface area contributed by atoms with E-state index < -0.39 is 42.5 Å². The molecule has 4 atom stereocenters. The van der Waals surface area contributed by atoms with Crippen molar-refractivity contribution in [2.75, 3.05) is 12.3 Å². The van der Waals surface area contributed by atoms with Crippen molar-refractivity contribution in [2.24, 2.45) is 0 Å². The molecule has 1 aliphatic carbocycles. The van der Waals surface area contributed by atoms with Crippen LogP contribution in [0.4, 0.5) is 19.0 Å². The summed E-state index contributed by atoms with van der Waals surface area (Å²) in [4.78, 5) is 17.0. The number of benzene rings is 2. The van der Waals surface area contributed by atoms with Gasteiger partial charge in [0.1, 0.15) is 23.6 Å². The van der Waals surface area contributed by atoms with E-state index in [1.165, 1.54) is 24.3 Å². The van der Waals surface area contributed by atoms with Crippen LogP contribution in [0, 0.1) is 18.6 Å². The minimum Gasteiger partial charge on any atom is -0.394 e. The lowest BCUT2D eigenvalue weighted by Gasteiger charge is -2.29. The van der Waals surface area contributed by atoms with Gasteiger partial charge in [-0.1, -0.05) is 12.1 Å². The van der Waals surface area contributed by atoms with Gasteiger partial charge < -0.3 is 21.3 Å². The number of hydrogen-bond donors (Lipinski definition) is 4. The fourth-order valence-electron chi connectivity index (χ4n) is 4.65. The predicted octanol–water partition coefficient (Wildman–Crippen LogP) is 4.35. The van der Waals surface area contributed by atoms with E-state index in [4.69, 9.17) is 5.73 Å². The molecule has 1 aliphatic rings. The van der Waals surface area contributed by atoms with Crippen LogP contribution in [0.25, 0.3) is 11.1 Å². The molecule has 1 heterocycles. The van der Waals surface area contributed by atoms with Gasteiger partial charge in [0.05, 0.1) is 24.3 Å². The largest absolute Gasteiger partial charge is 0.394 e. The Kier molecular flexibility index (Phi) is 7.61. The molecule has 1 fully saturated rings. The van der Waals surface area contributed by atoms with Crippen LogP contribution in [-0.4, -0.2) is 40.0 Å². The predicted molar refractivity (Wildman–Crippen MR) is 130 cm³/mol. The normalized spacial score (nSPS) is 20.7. The highest BCUT2D eigenvalue weighted by Gasteiger charge is 2.30. The number of hydrogen-bond acceptors (Lipinski definition) is 5. The van der Waals surface area contributed by atoms with E-state index in [-0.39, 0.29) is 23.7 Å². The van der Waals surface area contributed by atoms with Crippen molar-refractivity contribution in [2.45, 2.75) is 50.4 Å². The third kappa shape index (κ3) is 5.52. The summed E-state index contributed by atoms with van der Waals surface area (Å²) in [6.07, 6.45) is 0.376. The first-order valence-corrected chi connectivity index (χ1v) is 11.7. The summed E-state index contributed by atoms with van der Waals surface area (Å²) in [6, 6.07) is 8.95. The molecule has 1 aromatic heterocycles. The van der Waals surface area contributed by atoms with Gasteiger partial charge in [-0.15, -0.1) is 0 Å². The minimum absolute atomic E-state index is 0.146. The molecule has 0 aliphatic heterocycles. The zero-order valence-electron chi connectivity index (χ0n) is 19.7. The molecule has 4 rings (SSSR count). The van der Waals surface area contributed by atoms with Gasteiger partial charge in [-0.3, -0.25) is 4.79 Å². The Morgan fingerprint density at radius 2 is 1.97 bits per heavy atom. The molecule has 0 bridgehead atoms. The third-order valence-corrected chi connectivity index (χ3v) is 6.63. The lowest BCUT2D eigenvalue weighted by molar-refractivity contribution is 0.0368. The number of amides is 1. The highest BCUT2D eigenvalue weighted by Crippen LogP contribution is 2.37. The number of nitrogen functional groups attached to an aromatic ring is 1. The molecule has 3 aromatic rings. The molecule has 6 nitrogen and oxygen atoms in total. The maximum atomic E-state index is 15.0. The van der Waals surface area contributed by atoms with Gasteiger partial charge in [0, 0.05) is 11.8 Å². The first kappa shape index (κ1) is 25.7. The molecule has 1 amide bonds. The number of aryl methyl sites for hydroxylation is 1. The summed E-state index contributed by atoms with van der Waals surface area (Å²) >= 11 is 0. The van der Waals surface area contributed by atoms with Crippen LogP contribution in [0.5, 0.6) is 0 Å². The van der Waals surface area contributed by atoms with Gasteiger partial charge in [0.2, 0.25) is 0 Å². The van der Waals surface area contributed by atoms with Crippen molar-refractivity contribution in [1.29, 1.82) is 0 Å².